The summed E-state index contributed by atoms with van der Waals surface area (Å²) < 4.78 is 0.975. The Hall–Kier alpha value is -3.43. The molecule has 3 N–H and O–H groups in total. The number of nitrogens with zero attached hydrogens (tertiary/aromatic N) is 2. The monoisotopic (exact) mass is 335 g/mol. The van der Waals surface area contributed by atoms with Crippen molar-refractivity contribution >= 4 is 28.5 Å². The third-order valence-corrected chi connectivity index (χ3v) is 3.51. The first-order chi connectivity index (χ1) is 11.1. The van der Waals surface area contributed by atoms with Crippen molar-refractivity contribution in [1.82, 2.24) is 9.88 Å². The number of nitro groups is 1. The number of aryl methyl sites for hydroxylation is 1. The molecule has 1 unspecified atom stereocenters. The highest BCUT2D eigenvalue weighted by Crippen LogP contribution is 2.28. The molecule has 2 aromatic rings. The van der Waals surface area contributed by atoms with Gasteiger partial charge in [0.25, 0.3) is 17.2 Å². The molecule has 0 saturated heterocycles. The highest BCUT2D eigenvalue weighted by Gasteiger charge is 2.24. The van der Waals surface area contributed by atoms with E-state index in [0.29, 0.717) is 0 Å². The van der Waals surface area contributed by atoms with Crippen LogP contribution >= 0.6 is 0 Å². The maximum absolute atomic E-state index is 12.3. The molecule has 24 heavy (non-hydrogen) atoms. The van der Waals surface area contributed by atoms with Gasteiger partial charge in [-0.3, -0.25) is 24.5 Å². The molecule has 1 atom stereocenters. The number of fused-ring (bicyclic) bond motifs is 1. The summed E-state index contributed by atoms with van der Waals surface area (Å²) in [5.74, 6) is -3.03. The normalized spacial score (nSPS) is 11.9. The molecular formula is C14H13N3O7. The van der Waals surface area contributed by atoms with Crippen LogP contribution in [0.4, 0.5) is 5.69 Å². The molecule has 10 heteroatoms. The number of carbonyl (C=O) groups is 2. The first kappa shape index (κ1) is 16.9. The van der Waals surface area contributed by atoms with Crippen LogP contribution in [0.15, 0.2) is 23.0 Å². The van der Waals surface area contributed by atoms with Crippen molar-refractivity contribution in [2.24, 2.45) is 7.05 Å². The molecule has 0 aliphatic rings. The van der Waals surface area contributed by atoms with Crippen LogP contribution in [0.1, 0.15) is 17.3 Å². The Morgan fingerprint density at radius 3 is 2.54 bits per heavy atom. The summed E-state index contributed by atoms with van der Waals surface area (Å²) >= 11 is 0. The smallest absolute Gasteiger partial charge is 0.325 e. The third-order valence-electron chi connectivity index (χ3n) is 3.51. The van der Waals surface area contributed by atoms with E-state index in [2.05, 4.69) is 5.32 Å². The molecule has 10 nitrogen and oxygen atoms in total. The van der Waals surface area contributed by atoms with E-state index in [-0.39, 0.29) is 16.6 Å². The van der Waals surface area contributed by atoms with Crippen LogP contribution in [-0.4, -0.2) is 37.6 Å². The van der Waals surface area contributed by atoms with Crippen molar-refractivity contribution in [2.45, 2.75) is 13.0 Å². The maximum atomic E-state index is 12.3. The van der Waals surface area contributed by atoms with Gasteiger partial charge >= 0.3 is 5.97 Å². The summed E-state index contributed by atoms with van der Waals surface area (Å²) in [5.41, 5.74) is -1.76. The van der Waals surface area contributed by atoms with Crippen molar-refractivity contribution in [3.05, 3.63) is 44.2 Å². The summed E-state index contributed by atoms with van der Waals surface area (Å²) in [6.45, 7) is 1.20. The van der Waals surface area contributed by atoms with E-state index in [1.807, 2.05) is 0 Å². The van der Waals surface area contributed by atoms with Gasteiger partial charge in [0, 0.05) is 24.6 Å². The number of non-ortho nitro benzene ring substituents is 1. The fraction of sp³-hybridized carbons (Fsp3) is 0.214. The van der Waals surface area contributed by atoms with Gasteiger partial charge in [-0.2, -0.15) is 0 Å². The lowest BCUT2D eigenvalue weighted by Gasteiger charge is -2.13. The molecule has 0 aliphatic heterocycles. The summed E-state index contributed by atoms with van der Waals surface area (Å²) in [5, 5.41) is 32.0. The number of aromatic hydroxyl groups is 1. The number of carboxylic acid groups (broad SMARTS) is 1. The second kappa shape index (κ2) is 5.99. The van der Waals surface area contributed by atoms with Gasteiger partial charge in [-0.05, 0) is 13.0 Å². The minimum Gasteiger partial charge on any atom is -0.506 e. The predicted molar refractivity (Wildman–Crippen MR) is 82.1 cm³/mol. The molecular weight excluding hydrogens is 322 g/mol. The quantitative estimate of drug-likeness (QED) is 0.538. The number of pyridine rings is 1. The van der Waals surface area contributed by atoms with Gasteiger partial charge < -0.3 is 20.1 Å². The van der Waals surface area contributed by atoms with Crippen LogP contribution < -0.4 is 10.9 Å². The number of hydrogen-bond acceptors (Lipinski definition) is 6. The minimum absolute atomic E-state index is 0.0517. The lowest BCUT2D eigenvalue weighted by atomic mass is 10.1. The molecule has 0 fully saturated rings. The summed E-state index contributed by atoms with van der Waals surface area (Å²) in [6.07, 6.45) is 0. The Labute approximate surface area is 134 Å². The standard InChI is InChI=1S/C14H13N3O7/c1-6(14(21)22)15-12(19)10-11(18)8-4-3-7(17(23)24)5-9(8)16(2)13(10)20/h3-6,18H,1-2H3,(H,15,19)(H,21,22). The molecule has 0 saturated carbocycles. The van der Waals surface area contributed by atoms with Gasteiger partial charge in [0.1, 0.15) is 17.4 Å². The fourth-order valence-electron chi connectivity index (χ4n) is 2.16. The van der Waals surface area contributed by atoms with Crippen molar-refractivity contribution in [3.8, 4) is 5.75 Å². The van der Waals surface area contributed by atoms with Crippen LogP contribution in [0, 0.1) is 10.1 Å². The SMILES string of the molecule is CC(NC(=O)c1c(O)c2ccc([N+](=O)[O-])cc2n(C)c1=O)C(=O)O. The number of nitro benzene ring substituents is 1. The van der Waals surface area contributed by atoms with E-state index in [1.54, 1.807) is 0 Å². The minimum atomic E-state index is -1.31. The maximum Gasteiger partial charge on any atom is 0.325 e. The van der Waals surface area contributed by atoms with E-state index in [9.17, 15) is 29.6 Å². The van der Waals surface area contributed by atoms with Gasteiger partial charge in [0.05, 0.1) is 10.4 Å². The van der Waals surface area contributed by atoms with Gasteiger partial charge in [-0.15, -0.1) is 0 Å². The summed E-state index contributed by atoms with van der Waals surface area (Å²) in [7, 11) is 1.28. The molecule has 0 bridgehead atoms. The lowest BCUT2D eigenvalue weighted by Crippen LogP contribution is -2.41. The number of rotatable bonds is 4. The van der Waals surface area contributed by atoms with E-state index in [0.717, 1.165) is 16.7 Å². The molecule has 2 rings (SSSR count). The zero-order valence-electron chi connectivity index (χ0n) is 12.6. The van der Waals surface area contributed by atoms with E-state index in [1.165, 1.54) is 20.0 Å². The van der Waals surface area contributed by atoms with Crippen LogP contribution in [0.3, 0.4) is 0 Å². The lowest BCUT2D eigenvalue weighted by molar-refractivity contribution is -0.384. The van der Waals surface area contributed by atoms with Crippen LogP contribution in [0.5, 0.6) is 5.75 Å². The molecule has 126 valence electrons. The fourth-order valence-corrected chi connectivity index (χ4v) is 2.16. The second-order valence-electron chi connectivity index (χ2n) is 5.08. The van der Waals surface area contributed by atoms with Crippen molar-refractivity contribution in [1.29, 1.82) is 0 Å². The molecule has 0 aliphatic carbocycles. The van der Waals surface area contributed by atoms with Crippen molar-refractivity contribution < 1.29 is 24.7 Å². The van der Waals surface area contributed by atoms with Crippen molar-refractivity contribution in [3.63, 3.8) is 0 Å². The highest BCUT2D eigenvalue weighted by atomic mass is 16.6. The Morgan fingerprint density at radius 2 is 2.00 bits per heavy atom. The van der Waals surface area contributed by atoms with Crippen LogP contribution in [0.25, 0.3) is 10.9 Å². The Bertz CT molecular complexity index is 932. The largest absolute Gasteiger partial charge is 0.506 e. The number of hydrogen-bond donors (Lipinski definition) is 3. The number of carbonyl (C=O) groups excluding carboxylic acids is 1. The van der Waals surface area contributed by atoms with Crippen LogP contribution in [-0.2, 0) is 11.8 Å². The molecule has 0 spiro atoms. The number of carboxylic acids is 1. The Balaban J connectivity index is 2.67. The molecule has 1 heterocycles. The van der Waals surface area contributed by atoms with E-state index < -0.39 is 39.7 Å². The Kier molecular flexibility index (Phi) is 4.22. The van der Waals surface area contributed by atoms with Gasteiger partial charge in [-0.25, -0.2) is 0 Å². The second-order valence-corrected chi connectivity index (χ2v) is 5.08. The number of aliphatic carboxylic acids is 1. The number of aromatic nitrogens is 1. The van der Waals surface area contributed by atoms with E-state index in [4.69, 9.17) is 5.11 Å². The molecule has 0 radical (unpaired) electrons. The Morgan fingerprint density at radius 1 is 1.38 bits per heavy atom. The average molecular weight is 335 g/mol. The molecule has 1 aromatic heterocycles. The van der Waals surface area contributed by atoms with Gasteiger partial charge in [0.2, 0.25) is 0 Å². The predicted octanol–water partition coefficient (Wildman–Crippen LogP) is 0.355. The topological polar surface area (TPSA) is 152 Å². The van der Waals surface area contributed by atoms with Gasteiger partial charge in [-0.1, -0.05) is 0 Å². The first-order valence-electron chi connectivity index (χ1n) is 6.69. The zero-order chi connectivity index (χ0) is 18.2. The third kappa shape index (κ3) is 2.76. The number of benzene rings is 1. The zero-order valence-corrected chi connectivity index (χ0v) is 12.6. The highest BCUT2D eigenvalue weighted by molar-refractivity contribution is 6.03. The molecule has 1 aromatic carbocycles. The van der Waals surface area contributed by atoms with Crippen molar-refractivity contribution in [2.75, 3.05) is 0 Å². The molecule has 1 amide bonds. The number of amides is 1. The summed E-state index contributed by atoms with van der Waals surface area (Å²) in [6, 6.07) is 2.15. The van der Waals surface area contributed by atoms with E-state index >= 15 is 0 Å². The van der Waals surface area contributed by atoms with Crippen LogP contribution in [0.2, 0.25) is 0 Å². The van der Waals surface area contributed by atoms with Gasteiger partial charge in [0.15, 0.2) is 0 Å². The average Bonchev–Trinajstić information content (AvgIpc) is 2.52. The first-order valence-corrected chi connectivity index (χ1v) is 6.69. The summed E-state index contributed by atoms with van der Waals surface area (Å²) in [4.78, 5) is 45.4. The number of nitrogens with one attached hydrogen (secondary N) is 1.